The number of carbonyl (C=O) groups excluding carboxylic acids is 1. The average molecular weight is 219 g/mol. The van der Waals surface area contributed by atoms with E-state index in [1.165, 1.54) is 12.7 Å². The summed E-state index contributed by atoms with van der Waals surface area (Å²) >= 11 is 0. The molecule has 0 bridgehead atoms. The Hall–Kier alpha value is -1.38. The third kappa shape index (κ3) is 1.60. The number of carbonyl (C=O) groups is 1. The van der Waals surface area contributed by atoms with Gasteiger partial charge >= 0.3 is 5.97 Å². The molecule has 0 amide bonds. The van der Waals surface area contributed by atoms with Crippen LogP contribution in [0.15, 0.2) is 6.07 Å². The lowest BCUT2D eigenvalue weighted by Gasteiger charge is -2.18. The Morgan fingerprint density at radius 1 is 1.50 bits per heavy atom. The van der Waals surface area contributed by atoms with E-state index >= 15 is 0 Å². The van der Waals surface area contributed by atoms with Crippen molar-refractivity contribution in [1.29, 1.82) is 0 Å². The zero-order valence-corrected chi connectivity index (χ0v) is 10.3. The summed E-state index contributed by atoms with van der Waals surface area (Å²) in [6.07, 6.45) is 2.15. The second-order valence-electron chi connectivity index (χ2n) is 5.04. The van der Waals surface area contributed by atoms with Gasteiger partial charge in [-0.3, -0.25) is 0 Å². The molecule has 16 heavy (non-hydrogen) atoms. The number of fused-ring (bicyclic) bond motifs is 1. The minimum absolute atomic E-state index is 0.0752. The summed E-state index contributed by atoms with van der Waals surface area (Å²) in [5.74, 6) is -0.344. The molecule has 1 aliphatic carbocycles. The van der Waals surface area contributed by atoms with E-state index in [4.69, 9.17) is 4.74 Å². The predicted octanol–water partition coefficient (Wildman–Crippen LogP) is 2.40. The van der Waals surface area contributed by atoms with Crippen molar-refractivity contribution < 1.29 is 9.53 Å². The maximum absolute atomic E-state index is 11.6. The van der Waals surface area contributed by atoms with Crippen LogP contribution in [0.5, 0.6) is 0 Å². The van der Waals surface area contributed by atoms with Crippen molar-refractivity contribution in [3.05, 3.63) is 28.6 Å². The lowest BCUT2D eigenvalue weighted by molar-refractivity contribution is 0.0592. The molecule has 1 aliphatic rings. The van der Waals surface area contributed by atoms with Crippen LogP contribution < -0.4 is 0 Å². The smallest absolute Gasteiger partial charge is 0.356 e. The molecular weight excluding hydrogens is 202 g/mol. The molecule has 2 rings (SSSR count). The predicted molar refractivity (Wildman–Crippen MR) is 61.7 cm³/mol. The van der Waals surface area contributed by atoms with Crippen LogP contribution in [0.4, 0.5) is 0 Å². The van der Waals surface area contributed by atoms with E-state index in [0.29, 0.717) is 5.69 Å². The first-order valence-corrected chi connectivity index (χ1v) is 5.55. The Labute approximate surface area is 95.8 Å². The number of ether oxygens (including phenoxy) is 1. The molecule has 1 aromatic heterocycles. The van der Waals surface area contributed by atoms with Gasteiger partial charge in [-0.15, -0.1) is 0 Å². The van der Waals surface area contributed by atoms with Gasteiger partial charge in [-0.2, -0.15) is 0 Å². The van der Waals surface area contributed by atoms with E-state index in [1.54, 1.807) is 0 Å². The van der Waals surface area contributed by atoms with Gasteiger partial charge in [-0.1, -0.05) is 19.9 Å². The summed E-state index contributed by atoms with van der Waals surface area (Å²) in [7, 11) is 1.39. The van der Waals surface area contributed by atoms with Gasteiger partial charge in [0.25, 0.3) is 0 Å². The number of hydrogen-bond donors (Lipinski definition) is 0. The first-order valence-electron chi connectivity index (χ1n) is 5.55. The highest BCUT2D eigenvalue weighted by Crippen LogP contribution is 2.37. The van der Waals surface area contributed by atoms with Gasteiger partial charge in [0.2, 0.25) is 0 Å². The maximum atomic E-state index is 11.6. The van der Waals surface area contributed by atoms with Crippen LogP contribution in [0, 0.1) is 6.92 Å². The van der Waals surface area contributed by atoms with Crippen LogP contribution in [-0.2, 0) is 16.6 Å². The van der Waals surface area contributed by atoms with Crippen molar-refractivity contribution in [2.24, 2.45) is 0 Å². The number of aryl methyl sites for hydroxylation is 2. The highest BCUT2D eigenvalue weighted by atomic mass is 16.5. The molecule has 86 valence electrons. The third-order valence-corrected chi connectivity index (χ3v) is 3.33. The van der Waals surface area contributed by atoms with Crippen molar-refractivity contribution >= 4 is 5.97 Å². The Morgan fingerprint density at radius 3 is 2.81 bits per heavy atom. The summed E-state index contributed by atoms with van der Waals surface area (Å²) < 4.78 is 4.74. The van der Waals surface area contributed by atoms with Gasteiger partial charge < -0.3 is 4.74 Å². The van der Waals surface area contributed by atoms with E-state index in [0.717, 1.165) is 24.1 Å². The molecule has 0 aromatic carbocycles. The molecule has 0 saturated carbocycles. The van der Waals surface area contributed by atoms with E-state index in [-0.39, 0.29) is 11.4 Å². The van der Waals surface area contributed by atoms with Crippen LogP contribution in [0.3, 0.4) is 0 Å². The zero-order valence-electron chi connectivity index (χ0n) is 10.3. The number of methoxy groups -OCH3 is 1. The quantitative estimate of drug-likeness (QED) is 0.681. The van der Waals surface area contributed by atoms with Crippen LogP contribution >= 0.6 is 0 Å². The first kappa shape index (κ1) is 11.1. The first-order chi connectivity index (χ1) is 7.45. The van der Waals surface area contributed by atoms with Crippen LogP contribution in [0.2, 0.25) is 0 Å². The molecule has 0 radical (unpaired) electrons. The maximum Gasteiger partial charge on any atom is 0.356 e. The van der Waals surface area contributed by atoms with Gasteiger partial charge in [0, 0.05) is 5.41 Å². The Morgan fingerprint density at radius 2 is 2.19 bits per heavy atom. The fourth-order valence-corrected chi connectivity index (χ4v) is 2.32. The standard InChI is InChI=1S/C13H17NO2/c1-8-7-9-5-6-13(2,3)11(9)14-10(8)12(15)16-4/h7H,5-6H2,1-4H3. The minimum Gasteiger partial charge on any atom is -0.464 e. The number of rotatable bonds is 1. The SMILES string of the molecule is COC(=O)c1nc2c(cc1C)CCC2(C)C. The normalized spacial score (nSPS) is 17.0. The lowest BCUT2D eigenvalue weighted by Crippen LogP contribution is -2.17. The molecule has 1 aromatic rings. The van der Waals surface area contributed by atoms with Crippen molar-refractivity contribution in [2.75, 3.05) is 7.11 Å². The van der Waals surface area contributed by atoms with Crippen molar-refractivity contribution in [1.82, 2.24) is 4.98 Å². The lowest BCUT2D eigenvalue weighted by atomic mass is 9.90. The van der Waals surface area contributed by atoms with Gasteiger partial charge in [0.05, 0.1) is 12.8 Å². The summed E-state index contributed by atoms with van der Waals surface area (Å²) in [4.78, 5) is 16.1. The number of pyridine rings is 1. The molecule has 3 nitrogen and oxygen atoms in total. The molecule has 3 heteroatoms. The molecular formula is C13H17NO2. The number of aromatic nitrogens is 1. The molecule has 0 aliphatic heterocycles. The number of hydrogen-bond acceptors (Lipinski definition) is 3. The number of esters is 1. The Balaban J connectivity index is 2.56. The van der Waals surface area contributed by atoms with Crippen LogP contribution in [0.25, 0.3) is 0 Å². The highest BCUT2D eigenvalue weighted by Gasteiger charge is 2.32. The Bertz CT molecular complexity index is 449. The van der Waals surface area contributed by atoms with E-state index < -0.39 is 0 Å². The van der Waals surface area contributed by atoms with Gasteiger partial charge in [0.1, 0.15) is 0 Å². The fraction of sp³-hybridized carbons (Fsp3) is 0.538. The van der Waals surface area contributed by atoms with Gasteiger partial charge in [-0.25, -0.2) is 9.78 Å². The zero-order chi connectivity index (χ0) is 11.9. The fourth-order valence-electron chi connectivity index (χ4n) is 2.32. The molecule has 0 N–H and O–H groups in total. The highest BCUT2D eigenvalue weighted by molar-refractivity contribution is 5.89. The Kier molecular flexibility index (Phi) is 2.49. The van der Waals surface area contributed by atoms with Crippen molar-refractivity contribution in [3.63, 3.8) is 0 Å². The molecule has 0 spiro atoms. The van der Waals surface area contributed by atoms with E-state index in [2.05, 4.69) is 24.9 Å². The monoisotopic (exact) mass is 219 g/mol. The molecule has 0 unspecified atom stereocenters. The molecule has 0 saturated heterocycles. The van der Waals surface area contributed by atoms with Gasteiger partial charge in [-0.05, 0) is 30.9 Å². The second-order valence-corrected chi connectivity index (χ2v) is 5.04. The van der Waals surface area contributed by atoms with Gasteiger partial charge in [0.15, 0.2) is 5.69 Å². The largest absolute Gasteiger partial charge is 0.464 e. The molecule has 0 atom stereocenters. The van der Waals surface area contributed by atoms with E-state index in [9.17, 15) is 4.79 Å². The second kappa shape index (κ2) is 3.58. The van der Waals surface area contributed by atoms with Crippen molar-refractivity contribution in [2.45, 2.75) is 39.0 Å². The van der Waals surface area contributed by atoms with E-state index in [1.807, 2.05) is 6.92 Å². The average Bonchev–Trinajstić information content (AvgIpc) is 2.52. The number of nitrogens with zero attached hydrogens (tertiary/aromatic N) is 1. The summed E-state index contributed by atoms with van der Waals surface area (Å²) in [6, 6.07) is 2.07. The summed E-state index contributed by atoms with van der Waals surface area (Å²) in [5, 5.41) is 0. The molecule has 1 heterocycles. The van der Waals surface area contributed by atoms with Crippen LogP contribution in [-0.4, -0.2) is 18.1 Å². The summed E-state index contributed by atoms with van der Waals surface area (Å²) in [5.41, 5.74) is 3.76. The topological polar surface area (TPSA) is 39.2 Å². The third-order valence-electron chi connectivity index (χ3n) is 3.33. The summed E-state index contributed by atoms with van der Waals surface area (Å²) in [6.45, 7) is 6.25. The minimum atomic E-state index is -0.344. The van der Waals surface area contributed by atoms with Crippen molar-refractivity contribution in [3.8, 4) is 0 Å². The van der Waals surface area contributed by atoms with Crippen LogP contribution in [0.1, 0.15) is 47.6 Å². The molecule has 0 fully saturated rings.